The molecule has 180 valence electrons. The zero-order valence-corrected chi connectivity index (χ0v) is 21.2. The molecular formula is C31H45NO. The van der Waals surface area contributed by atoms with Gasteiger partial charge in [0.1, 0.15) is 6.29 Å². The second-order valence-electron chi connectivity index (χ2n) is 9.40. The van der Waals surface area contributed by atoms with E-state index in [0.717, 1.165) is 31.2 Å². The Morgan fingerprint density at radius 3 is 2.18 bits per heavy atom. The average Bonchev–Trinajstić information content (AvgIpc) is 2.88. The van der Waals surface area contributed by atoms with Crippen molar-refractivity contribution in [2.24, 2.45) is 5.92 Å². The van der Waals surface area contributed by atoms with Gasteiger partial charge in [-0.2, -0.15) is 0 Å². The number of carbonyl (C=O) groups is 1. The van der Waals surface area contributed by atoms with Gasteiger partial charge in [-0.3, -0.25) is 4.79 Å². The maximum atomic E-state index is 9.06. The van der Waals surface area contributed by atoms with Gasteiger partial charge in [0.05, 0.1) is 0 Å². The molecule has 2 aromatic carbocycles. The molecule has 0 saturated heterocycles. The number of hydrogen-bond acceptors (Lipinski definition) is 2. The van der Waals surface area contributed by atoms with Gasteiger partial charge < -0.3 is 5.32 Å². The largest absolute Gasteiger partial charge is 0.319 e. The SMILES string of the molecule is C=CC=O.CCCCCC1CCC(c2ccc(-c3ccc(CCNC)c(CC)c3)cc2)CC1. The van der Waals surface area contributed by atoms with Gasteiger partial charge in [0.2, 0.25) is 0 Å². The maximum Gasteiger partial charge on any atom is 0.142 e. The number of nitrogens with one attached hydrogen (secondary N) is 1. The molecule has 0 aliphatic heterocycles. The lowest BCUT2D eigenvalue weighted by Crippen LogP contribution is -2.13. The smallest absolute Gasteiger partial charge is 0.142 e. The summed E-state index contributed by atoms with van der Waals surface area (Å²) < 4.78 is 0. The molecule has 3 rings (SSSR count). The highest BCUT2D eigenvalue weighted by Gasteiger charge is 2.22. The number of hydrogen-bond donors (Lipinski definition) is 1. The fraction of sp³-hybridized carbons (Fsp3) is 0.516. The molecule has 1 N–H and O–H groups in total. The van der Waals surface area contributed by atoms with Crippen molar-refractivity contribution in [3.63, 3.8) is 0 Å². The number of carbonyl (C=O) groups excluding carboxylic acids is 1. The van der Waals surface area contributed by atoms with Gasteiger partial charge in [-0.1, -0.05) is 88.6 Å². The van der Waals surface area contributed by atoms with E-state index in [9.17, 15) is 0 Å². The van der Waals surface area contributed by atoms with Crippen LogP contribution in [0.15, 0.2) is 55.1 Å². The van der Waals surface area contributed by atoms with Crippen LogP contribution in [0.3, 0.4) is 0 Å². The first-order chi connectivity index (χ1) is 16.2. The van der Waals surface area contributed by atoms with Crippen LogP contribution in [0, 0.1) is 5.92 Å². The molecule has 2 aromatic rings. The highest BCUT2D eigenvalue weighted by molar-refractivity contribution is 5.65. The minimum Gasteiger partial charge on any atom is -0.319 e. The summed E-state index contributed by atoms with van der Waals surface area (Å²) >= 11 is 0. The Morgan fingerprint density at radius 1 is 0.939 bits per heavy atom. The molecule has 1 fully saturated rings. The highest BCUT2D eigenvalue weighted by atomic mass is 16.1. The third kappa shape index (κ3) is 8.93. The topological polar surface area (TPSA) is 29.1 Å². The zero-order chi connectivity index (χ0) is 23.9. The normalized spacial score (nSPS) is 17.7. The van der Waals surface area contributed by atoms with Crippen molar-refractivity contribution in [3.05, 3.63) is 71.8 Å². The van der Waals surface area contributed by atoms with Crippen molar-refractivity contribution in [2.45, 2.75) is 84.0 Å². The second-order valence-corrected chi connectivity index (χ2v) is 9.40. The first-order valence-electron chi connectivity index (χ1n) is 13.1. The van der Waals surface area contributed by atoms with Gasteiger partial charge in [-0.25, -0.2) is 0 Å². The molecule has 2 heteroatoms. The molecule has 0 atom stereocenters. The summed E-state index contributed by atoms with van der Waals surface area (Å²) in [5.74, 6) is 1.77. The van der Waals surface area contributed by atoms with Gasteiger partial charge in [0.25, 0.3) is 0 Å². The number of allylic oxidation sites excluding steroid dienone is 1. The second kappa shape index (κ2) is 15.6. The lowest BCUT2D eigenvalue weighted by atomic mass is 9.77. The number of likely N-dealkylation sites (N-methyl/N-ethyl adjacent to an activating group) is 1. The Morgan fingerprint density at radius 2 is 1.61 bits per heavy atom. The Hall–Kier alpha value is -2.19. The van der Waals surface area contributed by atoms with Crippen molar-refractivity contribution in [1.29, 1.82) is 0 Å². The molecule has 1 aliphatic rings. The molecule has 0 aromatic heterocycles. The van der Waals surface area contributed by atoms with Crippen LogP contribution in [0.25, 0.3) is 11.1 Å². The molecule has 0 unspecified atom stereocenters. The van der Waals surface area contributed by atoms with E-state index in [2.05, 4.69) is 68.2 Å². The summed E-state index contributed by atoms with van der Waals surface area (Å²) in [6.45, 7) is 8.73. The van der Waals surface area contributed by atoms with Crippen LogP contribution in [0.5, 0.6) is 0 Å². The van der Waals surface area contributed by atoms with Crippen LogP contribution in [0.1, 0.15) is 87.8 Å². The third-order valence-corrected chi connectivity index (χ3v) is 7.11. The van der Waals surface area contributed by atoms with Crippen LogP contribution < -0.4 is 5.32 Å². The molecule has 2 nitrogen and oxygen atoms in total. The van der Waals surface area contributed by atoms with E-state index in [1.54, 1.807) is 5.56 Å². The van der Waals surface area contributed by atoms with Gasteiger partial charge in [0, 0.05) is 0 Å². The average molecular weight is 448 g/mol. The fourth-order valence-electron chi connectivity index (χ4n) is 5.05. The van der Waals surface area contributed by atoms with E-state index < -0.39 is 0 Å². The fourth-order valence-corrected chi connectivity index (χ4v) is 5.05. The van der Waals surface area contributed by atoms with E-state index >= 15 is 0 Å². The highest BCUT2D eigenvalue weighted by Crippen LogP contribution is 2.38. The van der Waals surface area contributed by atoms with E-state index in [1.165, 1.54) is 79.7 Å². The van der Waals surface area contributed by atoms with Crippen LogP contribution in [0.2, 0.25) is 0 Å². The van der Waals surface area contributed by atoms with E-state index in [0.29, 0.717) is 6.29 Å². The summed E-state index contributed by atoms with van der Waals surface area (Å²) in [7, 11) is 2.03. The standard InChI is InChI=1S/C28H41N.C3H4O/c1-4-6-7-8-22-9-11-24(12-10-22)25-13-15-26(16-14-25)28-18-17-27(19-20-29-3)23(5-2)21-28;1-2-3-4/h13-18,21-22,24,29H,4-12,19-20H2,1-3H3;2-3H,1H2. The van der Waals surface area contributed by atoms with Gasteiger partial charge >= 0.3 is 0 Å². The molecule has 0 spiro atoms. The molecule has 0 amide bonds. The number of unbranched alkanes of at least 4 members (excludes halogenated alkanes) is 2. The van der Waals surface area contributed by atoms with Crippen molar-refractivity contribution < 1.29 is 4.79 Å². The first-order valence-corrected chi connectivity index (χ1v) is 13.1. The van der Waals surface area contributed by atoms with Crippen LogP contribution in [0.4, 0.5) is 0 Å². The summed E-state index contributed by atoms with van der Waals surface area (Å²) in [5.41, 5.74) is 7.25. The van der Waals surface area contributed by atoms with Crippen molar-refractivity contribution >= 4 is 6.29 Å². The van der Waals surface area contributed by atoms with Crippen molar-refractivity contribution in [3.8, 4) is 11.1 Å². The Bertz CT molecular complexity index is 809. The van der Waals surface area contributed by atoms with Crippen molar-refractivity contribution in [1.82, 2.24) is 5.32 Å². The molecular weight excluding hydrogens is 402 g/mol. The molecule has 1 saturated carbocycles. The number of benzene rings is 2. The van der Waals surface area contributed by atoms with Gasteiger partial charge in [0.15, 0.2) is 0 Å². The van der Waals surface area contributed by atoms with Gasteiger partial charge in [-0.15, -0.1) is 0 Å². The minimum absolute atomic E-state index is 0.639. The van der Waals surface area contributed by atoms with Gasteiger partial charge in [-0.05, 0) is 97.8 Å². The summed E-state index contributed by atoms with van der Waals surface area (Å²) in [4.78, 5) is 9.06. The lowest BCUT2D eigenvalue weighted by molar-refractivity contribution is -0.104. The predicted molar refractivity (Wildman–Crippen MR) is 144 cm³/mol. The van der Waals surface area contributed by atoms with Crippen LogP contribution in [-0.2, 0) is 17.6 Å². The quantitative estimate of drug-likeness (QED) is 0.215. The van der Waals surface area contributed by atoms with Crippen LogP contribution in [-0.4, -0.2) is 19.9 Å². The summed E-state index contributed by atoms with van der Waals surface area (Å²) in [5, 5.41) is 3.27. The summed E-state index contributed by atoms with van der Waals surface area (Å²) in [6.07, 6.45) is 15.3. The zero-order valence-electron chi connectivity index (χ0n) is 21.2. The van der Waals surface area contributed by atoms with E-state index in [-0.39, 0.29) is 0 Å². The van der Waals surface area contributed by atoms with E-state index in [4.69, 9.17) is 4.79 Å². The van der Waals surface area contributed by atoms with E-state index in [1.807, 2.05) is 7.05 Å². The number of aldehydes is 1. The monoisotopic (exact) mass is 447 g/mol. The Labute approximate surface area is 202 Å². The number of rotatable bonds is 11. The lowest BCUT2D eigenvalue weighted by Gasteiger charge is -2.29. The Balaban J connectivity index is 0.000000890. The summed E-state index contributed by atoms with van der Waals surface area (Å²) in [6, 6.07) is 16.5. The molecule has 1 aliphatic carbocycles. The minimum atomic E-state index is 0.639. The van der Waals surface area contributed by atoms with Crippen molar-refractivity contribution in [2.75, 3.05) is 13.6 Å². The molecule has 0 radical (unpaired) electrons. The maximum absolute atomic E-state index is 9.06. The molecule has 0 heterocycles. The van der Waals surface area contributed by atoms with Crippen LogP contribution >= 0.6 is 0 Å². The Kier molecular flexibility index (Phi) is 12.8. The first kappa shape index (κ1) is 27.1. The molecule has 0 bridgehead atoms. The third-order valence-electron chi connectivity index (χ3n) is 7.11. The number of aryl methyl sites for hydroxylation is 1. The molecule has 33 heavy (non-hydrogen) atoms. The predicted octanol–water partition coefficient (Wildman–Crippen LogP) is 7.90.